The fourth-order valence-corrected chi connectivity index (χ4v) is 1.71. The summed E-state index contributed by atoms with van der Waals surface area (Å²) in [6.07, 6.45) is 0.768. The first-order valence-corrected chi connectivity index (χ1v) is 4.36. The van der Waals surface area contributed by atoms with Gasteiger partial charge in [-0.25, -0.2) is 0 Å². The molecule has 1 heterocycles. The Bertz CT molecular complexity index is 172. The molecule has 0 aromatic rings. The van der Waals surface area contributed by atoms with Crippen LogP contribution in [0.5, 0.6) is 0 Å². The topological polar surface area (TPSA) is 73.3 Å². The number of amidine groups is 1. The molecule has 4 nitrogen and oxygen atoms in total. The van der Waals surface area contributed by atoms with Gasteiger partial charge in [-0.1, -0.05) is 6.92 Å². The van der Waals surface area contributed by atoms with Gasteiger partial charge in [-0.2, -0.15) is 0 Å². The van der Waals surface area contributed by atoms with Gasteiger partial charge < -0.3 is 10.8 Å². The second-order valence-corrected chi connectivity index (χ2v) is 3.45. The zero-order chi connectivity index (χ0) is 9.14. The van der Waals surface area contributed by atoms with Crippen molar-refractivity contribution in [3.8, 4) is 0 Å². The number of likely N-dealkylation sites (tertiary alicyclic amines) is 1. The van der Waals surface area contributed by atoms with E-state index in [2.05, 4.69) is 6.92 Å². The van der Waals surface area contributed by atoms with Gasteiger partial charge in [-0.15, -0.1) is 0 Å². The SMILES string of the molecule is CCC1CN(CC(=N)N)CC1O. The zero-order valence-electron chi connectivity index (χ0n) is 7.45. The monoisotopic (exact) mass is 171 g/mol. The highest BCUT2D eigenvalue weighted by Gasteiger charge is 2.29. The quantitative estimate of drug-likeness (QED) is 0.400. The van der Waals surface area contributed by atoms with Crippen LogP contribution < -0.4 is 5.73 Å². The molecule has 2 unspecified atom stereocenters. The molecule has 0 aromatic heterocycles. The average molecular weight is 171 g/mol. The van der Waals surface area contributed by atoms with E-state index in [-0.39, 0.29) is 11.9 Å². The van der Waals surface area contributed by atoms with Gasteiger partial charge in [0.1, 0.15) is 5.84 Å². The molecule has 4 heteroatoms. The molecule has 1 saturated heterocycles. The zero-order valence-corrected chi connectivity index (χ0v) is 7.45. The summed E-state index contributed by atoms with van der Waals surface area (Å²) in [6, 6.07) is 0. The highest BCUT2D eigenvalue weighted by molar-refractivity contribution is 5.78. The Balaban J connectivity index is 2.37. The summed E-state index contributed by atoms with van der Waals surface area (Å²) in [4.78, 5) is 2.03. The first-order chi connectivity index (χ1) is 5.63. The Morgan fingerprint density at radius 3 is 2.75 bits per heavy atom. The van der Waals surface area contributed by atoms with Gasteiger partial charge in [0.25, 0.3) is 0 Å². The molecule has 0 radical (unpaired) electrons. The van der Waals surface area contributed by atoms with Crippen molar-refractivity contribution in [2.45, 2.75) is 19.4 Å². The van der Waals surface area contributed by atoms with Crippen LogP contribution in [0, 0.1) is 11.3 Å². The third-order valence-corrected chi connectivity index (χ3v) is 2.40. The number of nitrogens with one attached hydrogen (secondary N) is 1. The number of hydrogen-bond acceptors (Lipinski definition) is 3. The Morgan fingerprint density at radius 1 is 1.67 bits per heavy atom. The molecule has 0 aliphatic carbocycles. The van der Waals surface area contributed by atoms with Crippen LogP contribution in [0.15, 0.2) is 0 Å². The maximum Gasteiger partial charge on any atom is 0.105 e. The van der Waals surface area contributed by atoms with Crippen molar-refractivity contribution in [3.63, 3.8) is 0 Å². The van der Waals surface area contributed by atoms with Gasteiger partial charge in [0.2, 0.25) is 0 Å². The molecular weight excluding hydrogens is 154 g/mol. The number of nitrogens with zero attached hydrogens (tertiary/aromatic N) is 1. The van der Waals surface area contributed by atoms with E-state index in [4.69, 9.17) is 11.1 Å². The standard InChI is InChI=1S/C8H17N3O/c1-2-6-3-11(4-7(6)12)5-8(9)10/h6-7,12H,2-5H2,1H3,(H3,9,10). The van der Waals surface area contributed by atoms with Crippen molar-refractivity contribution < 1.29 is 5.11 Å². The first kappa shape index (κ1) is 9.48. The van der Waals surface area contributed by atoms with Gasteiger partial charge in [0, 0.05) is 13.1 Å². The summed E-state index contributed by atoms with van der Waals surface area (Å²) in [5.41, 5.74) is 5.26. The Morgan fingerprint density at radius 2 is 2.33 bits per heavy atom. The van der Waals surface area contributed by atoms with Crippen molar-refractivity contribution in [2.24, 2.45) is 11.7 Å². The van der Waals surface area contributed by atoms with E-state index in [1.54, 1.807) is 0 Å². The van der Waals surface area contributed by atoms with Gasteiger partial charge >= 0.3 is 0 Å². The van der Waals surface area contributed by atoms with Crippen molar-refractivity contribution in [2.75, 3.05) is 19.6 Å². The summed E-state index contributed by atoms with van der Waals surface area (Å²) in [6.45, 7) is 4.11. The van der Waals surface area contributed by atoms with Gasteiger partial charge in [0.05, 0.1) is 12.6 Å². The van der Waals surface area contributed by atoms with Crippen LogP contribution in [0.1, 0.15) is 13.3 Å². The molecule has 70 valence electrons. The molecule has 1 aliphatic rings. The lowest BCUT2D eigenvalue weighted by atomic mass is 10.0. The number of nitrogens with two attached hydrogens (primary N) is 1. The molecular formula is C8H17N3O. The number of β-amino-alcohol motifs (C(OH)–C–C–N with tert-alkyl or cyclic N) is 1. The number of aliphatic hydroxyl groups excluding tert-OH is 1. The Labute approximate surface area is 72.9 Å². The smallest absolute Gasteiger partial charge is 0.105 e. The summed E-state index contributed by atoms with van der Waals surface area (Å²) >= 11 is 0. The van der Waals surface area contributed by atoms with Crippen LogP contribution in [0.3, 0.4) is 0 Å². The summed E-state index contributed by atoms with van der Waals surface area (Å²) < 4.78 is 0. The minimum absolute atomic E-state index is 0.180. The lowest BCUT2D eigenvalue weighted by molar-refractivity contribution is 0.141. The average Bonchev–Trinajstić information content (AvgIpc) is 2.29. The number of aliphatic hydroxyl groups is 1. The molecule has 1 fully saturated rings. The van der Waals surface area contributed by atoms with Crippen LogP contribution in [-0.4, -0.2) is 41.6 Å². The van der Waals surface area contributed by atoms with Crippen LogP contribution in [0.4, 0.5) is 0 Å². The first-order valence-electron chi connectivity index (χ1n) is 4.36. The van der Waals surface area contributed by atoms with E-state index in [0.29, 0.717) is 19.0 Å². The van der Waals surface area contributed by atoms with E-state index in [1.165, 1.54) is 0 Å². The fraction of sp³-hybridized carbons (Fsp3) is 0.875. The lowest BCUT2D eigenvalue weighted by Crippen LogP contribution is -2.32. The third kappa shape index (κ3) is 2.19. The maximum atomic E-state index is 9.52. The number of hydrogen-bond donors (Lipinski definition) is 3. The molecule has 0 amide bonds. The fourth-order valence-electron chi connectivity index (χ4n) is 1.71. The molecule has 4 N–H and O–H groups in total. The minimum atomic E-state index is -0.227. The van der Waals surface area contributed by atoms with Crippen LogP contribution >= 0.6 is 0 Å². The highest BCUT2D eigenvalue weighted by atomic mass is 16.3. The third-order valence-electron chi connectivity index (χ3n) is 2.40. The molecule has 1 aliphatic heterocycles. The molecule has 0 aromatic carbocycles. The second-order valence-electron chi connectivity index (χ2n) is 3.45. The van der Waals surface area contributed by atoms with Crippen molar-refractivity contribution in [1.82, 2.24) is 4.90 Å². The molecule has 2 atom stereocenters. The van der Waals surface area contributed by atoms with E-state index in [0.717, 1.165) is 13.0 Å². The predicted octanol–water partition coefficient (Wildman–Crippen LogP) is -0.375. The maximum absolute atomic E-state index is 9.52. The molecule has 0 spiro atoms. The van der Waals surface area contributed by atoms with Crippen LogP contribution in [0.2, 0.25) is 0 Å². The van der Waals surface area contributed by atoms with E-state index < -0.39 is 0 Å². The molecule has 12 heavy (non-hydrogen) atoms. The van der Waals surface area contributed by atoms with Crippen LogP contribution in [-0.2, 0) is 0 Å². The Hall–Kier alpha value is -0.610. The summed E-state index contributed by atoms with van der Waals surface area (Å²) in [5.74, 6) is 0.545. The van der Waals surface area contributed by atoms with Gasteiger partial charge in [-0.3, -0.25) is 10.3 Å². The predicted molar refractivity (Wildman–Crippen MR) is 48.1 cm³/mol. The van der Waals surface area contributed by atoms with E-state index in [9.17, 15) is 5.11 Å². The van der Waals surface area contributed by atoms with Crippen molar-refractivity contribution >= 4 is 5.84 Å². The van der Waals surface area contributed by atoms with E-state index in [1.807, 2.05) is 4.90 Å². The van der Waals surface area contributed by atoms with Crippen molar-refractivity contribution in [3.05, 3.63) is 0 Å². The summed E-state index contributed by atoms with van der Waals surface area (Å²) in [5, 5.41) is 16.6. The summed E-state index contributed by atoms with van der Waals surface area (Å²) in [7, 11) is 0. The molecule has 0 saturated carbocycles. The Kier molecular flexibility index (Phi) is 3.05. The molecule has 0 bridgehead atoms. The number of rotatable bonds is 3. The molecule has 1 rings (SSSR count). The highest BCUT2D eigenvalue weighted by Crippen LogP contribution is 2.18. The van der Waals surface area contributed by atoms with E-state index >= 15 is 0 Å². The van der Waals surface area contributed by atoms with Crippen LogP contribution in [0.25, 0.3) is 0 Å². The largest absolute Gasteiger partial charge is 0.391 e. The van der Waals surface area contributed by atoms with Crippen molar-refractivity contribution in [1.29, 1.82) is 5.41 Å². The second kappa shape index (κ2) is 3.87. The minimum Gasteiger partial charge on any atom is -0.391 e. The normalized spacial score (nSPS) is 30.8. The van der Waals surface area contributed by atoms with Gasteiger partial charge in [0.15, 0.2) is 0 Å². The lowest BCUT2D eigenvalue weighted by Gasteiger charge is -2.13. The van der Waals surface area contributed by atoms with Gasteiger partial charge in [-0.05, 0) is 12.3 Å².